The first-order valence-electron chi connectivity index (χ1n) is 10.3. The summed E-state index contributed by atoms with van der Waals surface area (Å²) < 4.78 is 12.8. The molecule has 4 rings (SSSR count). The molecule has 0 aliphatic carbocycles. The van der Waals surface area contributed by atoms with Crippen molar-refractivity contribution in [3.05, 3.63) is 100 Å². The number of carbonyl (C=O) groups excluding carboxylic acids is 1. The number of phenols is 1. The van der Waals surface area contributed by atoms with Gasteiger partial charge in [0.1, 0.15) is 0 Å². The number of aromatic hydroxyl groups is 1. The summed E-state index contributed by atoms with van der Waals surface area (Å²) in [5.41, 5.74) is 1.74. The molecule has 0 radical (unpaired) electrons. The average molecular weight is 477 g/mol. The third-order valence-corrected chi connectivity index (χ3v) is 5.46. The van der Waals surface area contributed by atoms with Crippen molar-refractivity contribution in [3.63, 3.8) is 0 Å². The van der Waals surface area contributed by atoms with Crippen LogP contribution in [0.15, 0.2) is 83.8 Å². The summed E-state index contributed by atoms with van der Waals surface area (Å²) in [6, 6.07) is 19.0. The molecular formula is C26H21ClN2O5. The van der Waals surface area contributed by atoms with Crippen LogP contribution in [0.3, 0.4) is 0 Å². The van der Waals surface area contributed by atoms with Crippen molar-refractivity contribution in [2.24, 2.45) is 0 Å². The predicted molar refractivity (Wildman–Crippen MR) is 131 cm³/mol. The van der Waals surface area contributed by atoms with E-state index in [1.807, 2.05) is 18.2 Å². The minimum Gasteiger partial charge on any atom is -0.502 e. The van der Waals surface area contributed by atoms with Crippen LogP contribution < -0.4 is 15.2 Å². The topological polar surface area (TPSA) is 82.7 Å². The number of benzene rings is 3. The molecule has 0 atom stereocenters. The number of aromatic nitrogens is 2. The van der Waals surface area contributed by atoms with Crippen LogP contribution in [0.1, 0.15) is 10.4 Å². The summed E-state index contributed by atoms with van der Waals surface area (Å²) in [5.74, 6) is -0.299. The Morgan fingerprint density at radius 1 is 0.971 bits per heavy atom. The fourth-order valence-electron chi connectivity index (χ4n) is 3.51. The molecule has 34 heavy (non-hydrogen) atoms. The molecule has 0 aliphatic heterocycles. The van der Waals surface area contributed by atoms with E-state index in [0.29, 0.717) is 27.5 Å². The van der Waals surface area contributed by atoms with E-state index in [4.69, 9.17) is 21.1 Å². The minimum atomic E-state index is -0.546. The number of para-hydroxylation sites is 1. The number of carbonyl (C=O) groups is 1. The van der Waals surface area contributed by atoms with Crippen molar-refractivity contribution < 1.29 is 19.4 Å². The second kappa shape index (κ2) is 9.72. The maximum Gasteiger partial charge on any atom is 0.340 e. The first-order valence-corrected chi connectivity index (χ1v) is 10.6. The Kier molecular flexibility index (Phi) is 6.56. The zero-order valence-corrected chi connectivity index (χ0v) is 19.2. The number of ether oxygens (including phenoxy) is 2. The number of halogens is 1. The second-order valence-corrected chi connectivity index (χ2v) is 7.73. The highest BCUT2D eigenvalue weighted by Crippen LogP contribution is 2.37. The van der Waals surface area contributed by atoms with E-state index in [1.165, 1.54) is 30.9 Å². The van der Waals surface area contributed by atoms with E-state index in [-0.39, 0.29) is 17.2 Å². The van der Waals surface area contributed by atoms with Gasteiger partial charge in [-0.1, -0.05) is 41.9 Å². The lowest BCUT2D eigenvalue weighted by molar-refractivity contribution is 0.0967. The van der Waals surface area contributed by atoms with Crippen molar-refractivity contribution in [1.82, 2.24) is 9.13 Å². The van der Waals surface area contributed by atoms with Gasteiger partial charge in [-0.2, -0.15) is 0 Å². The predicted octanol–water partition coefficient (Wildman–Crippen LogP) is 5.04. The van der Waals surface area contributed by atoms with E-state index in [1.54, 1.807) is 54.7 Å². The smallest absolute Gasteiger partial charge is 0.340 e. The number of methoxy groups -OCH3 is 2. The van der Waals surface area contributed by atoms with Crippen LogP contribution in [0.4, 0.5) is 0 Å². The molecule has 0 amide bonds. The molecule has 8 heteroatoms. The van der Waals surface area contributed by atoms with Crippen LogP contribution in [0.25, 0.3) is 23.0 Å². The number of hydrogen-bond acceptors (Lipinski definition) is 5. The van der Waals surface area contributed by atoms with Crippen molar-refractivity contribution in [2.75, 3.05) is 14.2 Å². The molecule has 0 saturated heterocycles. The highest BCUT2D eigenvalue weighted by molar-refractivity contribution is 6.30. The van der Waals surface area contributed by atoms with Gasteiger partial charge in [-0.05, 0) is 48.0 Å². The number of allylic oxidation sites excluding steroid dienone is 1. The molecule has 7 nitrogen and oxygen atoms in total. The minimum absolute atomic E-state index is 0.144. The summed E-state index contributed by atoms with van der Waals surface area (Å²) in [6.45, 7) is 0. The van der Waals surface area contributed by atoms with E-state index >= 15 is 0 Å². The Labute approximate surface area is 200 Å². The van der Waals surface area contributed by atoms with Gasteiger partial charge in [-0.15, -0.1) is 0 Å². The Balaban J connectivity index is 1.80. The lowest BCUT2D eigenvalue weighted by Gasteiger charge is -2.09. The number of hydrogen-bond donors (Lipinski definition) is 1. The van der Waals surface area contributed by atoms with Crippen LogP contribution in [0, 0.1) is 0 Å². The van der Waals surface area contributed by atoms with Crippen LogP contribution in [0.5, 0.6) is 17.2 Å². The van der Waals surface area contributed by atoms with Crippen molar-refractivity contribution in [1.29, 1.82) is 0 Å². The van der Waals surface area contributed by atoms with Crippen LogP contribution in [0.2, 0.25) is 5.02 Å². The quantitative estimate of drug-likeness (QED) is 0.394. The molecule has 3 aromatic carbocycles. The second-order valence-electron chi connectivity index (χ2n) is 7.29. The summed E-state index contributed by atoms with van der Waals surface area (Å²) in [5, 5.41) is 10.6. The molecule has 1 N–H and O–H groups in total. The first kappa shape index (κ1) is 22.9. The van der Waals surface area contributed by atoms with Gasteiger partial charge in [0.2, 0.25) is 5.75 Å². The first-order chi connectivity index (χ1) is 16.4. The molecule has 0 bridgehead atoms. The van der Waals surface area contributed by atoms with E-state index in [2.05, 4.69) is 0 Å². The fourth-order valence-corrected chi connectivity index (χ4v) is 3.63. The number of nitrogens with zero attached hydrogens (tertiary/aromatic N) is 2. The molecule has 1 aromatic heterocycles. The van der Waals surface area contributed by atoms with E-state index in [0.717, 1.165) is 4.57 Å². The number of imidazole rings is 1. The molecule has 172 valence electrons. The fraction of sp³-hybridized carbons (Fsp3) is 0.0769. The molecule has 0 unspecified atom stereocenters. The molecule has 0 aliphatic rings. The Bertz CT molecular complexity index is 1400. The Hall–Kier alpha value is -4.23. The van der Waals surface area contributed by atoms with E-state index < -0.39 is 11.6 Å². The Morgan fingerprint density at radius 2 is 1.59 bits per heavy atom. The molecule has 1 heterocycles. The van der Waals surface area contributed by atoms with Crippen molar-refractivity contribution in [2.45, 2.75) is 0 Å². The molecule has 0 spiro atoms. The summed E-state index contributed by atoms with van der Waals surface area (Å²) >= 11 is 6.02. The van der Waals surface area contributed by atoms with Gasteiger partial charge in [0.15, 0.2) is 11.5 Å². The Morgan fingerprint density at radius 3 is 2.18 bits per heavy atom. The largest absolute Gasteiger partial charge is 0.502 e. The third kappa shape index (κ3) is 4.46. The summed E-state index contributed by atoms with van der Waals surface area (Å²) in [6.07, 6.45) is 4.42. The SMILES string of the molecule is COc1cc(C=CC(=O)n2c(-c3ccc(Cl)cc3)cn(-c3ccccc3)c2=O)cc(OC)c1O. The summed E-state index contributed by atoms with van der Waals surface area (Å²) in [4.78, 5) is 26.5. The average Bonchev–Trinajstić information content (AvgIpc) is 3.21. The monoisotopic (exact) mass is 476 g/mol. The third-order valence-electron chi connectivity index (χ3n) is 5.20. The van der Waals surface area contributed by atoms with Crippen molar-refractivity contribution in [3.8, 4) is 34.2 Å². The zero-order valence-electron chi connectivity index (χ0n) is 18.4. The van der Waals surface area contributed by atoms with Crippen LogP contribution in [-0.2, 0) is 0 Å². The number of rotatable bonds is 6. The standard InChI is InChI=1S/C26H21ClN2O5/c1-33-22-14-17(15-23(34-2)25(22)31)8-13-24(30)29-21(18-9-11-19(27)12-10-18)16-28(26(29)32)20-6-4-3-5-7-20/h3-16,31H,1-2H3. The van der Waals surface area contributed by atoms with Gasteiger partial charge in [0.25, 0.3) is 5.91 Å². The van der Waals surface area contributed by atoms with Crippen LogP contribution >= 0.6 is 11.6 Å². The summed E-state index contributed by atoms with van der Waals surface area (Å²) in [7, 11) is 2.83. The highest BCUT2D eigenvalue weighted by Gasteiger charge is 2.18. The zero-order chi connectivity index (χ0) is 24.2. The maximum absolute atomic E-state index is 13.3. The normalized spacial score (nSPS) is 11.0. The van der Waals surface area contributed by atoms with Gasteiger partial charge < -0.3 is 14.6 Å². The highest BCUT2D eigenvalue weighted by atomic mass is 35.5. The van der Waals surface area contributed by atoms with E-state index in [9.17, 15) is 14.7 Å². The van der Waals surface area contributed by atoms with Gasteiger partial charge in [-0.25, -0.2) is 9.36 Å². The van der Waals surface area contributed by atoms with Crippen LogP contribution in [-0.4, -0.2) is 34.4 Å². The molecular weight excluding hydrogens is 456 g/mol. The molecule has 0 saturated carbocycles. The molecule has 0 fully saturated rings. The number of phenolic OH excluding ortho intramolecular Hbond substituents is 1. The van der Waals surface area contributed by atoms with Gasteiger partial charge in [0, 0.05) is 22.9 Å². The molecule has 4 aromatic rings. The van der Waals surface area contributed by atoms with Gasteiger partial charge >= 0.3 is 5.69 Å². The van der Waals surface area contributed by atoms with Gasteiger partial charge in [-0.3, -0.25) is 9.36 Å². The lowest BCUT2D eigenvalue weighted by atomic mass is 10.1. The van der Waals surface area contributed by atoms with Gasteiger partial charge in [0.05, 0.1) is 25.6 Å². The lowest BCUT2D eigenvalue weighted by Crippen LogP contribution is -2.27. The maximum atomic E-state index is 13.3. The van der Waals surface area contributed by atoms with Crippen molar-refractivity contribution >= 4 is 23.6 Å².